The summed E-state index contributed by atoms with van der Waals surface area (Å²) in [6, 6.07) is 7.82. The first kappa shape index (κ1) is 21.7. The molecule has 1 aliphatic heterocycles. The molecule has 1 aromatic carbocycles. The Morgan fingerprint density at radius 3 is 2.92 bits per heavy atom. The minimum absolute atomic E-state index is 0. The first-order valence-electron chi connectivity index (χ1n) is 8.94. The second-order valence-corrected chi connectivity index (χ2v) is 6.87. The zero-order chi connectivity index (χ0) is 17.5. The fourth-order valence-electron chi connectivity index (χ4n) is 2.87. The van der Waals surface area contributed by atoms with Gasteiger partial charge < -0.3 is 16.0 Å². The third-order valence-electron chi connectivity index (χ3n) is 4.66. The molecule has 6 heteroatoms. The first-order chi connectivity index (χ1) is 11.5. The Hall–Kier alpha value is -1.31. The van der Waals surface area contributed by atoms with Crippen LogP contribution in [0.4, 0.5) is 5.69 Å². The van der Waals surface area contributed by atoms with Gasteiger partial charge in [0, 0.05) is 24.7 Å². The van der Waals surface area contributed by atoms with Crippen LogP contribution >= 0.6 is 24.0 Å². The van der Waals surface area contributed by atoms with Crippen LogP contribution in [0.2, 0.25) is 0 Å². The number of nitrogens with two attached hydrogens (primary N) is 1. The highest BCUT2D eigenvalue weighted by molar-refractivity contribution is 14.0. The summed E-state index contributed by atoms with van der Waals surface area (Å²) in [6.07, 6.45) is 3.27. The lowest BCUT2D eigenvalue weighted by Crippen LogP contribution is -2.43. The van der Waals surface area contributed by atoms with E-state index in [2.05, 4.69) is 22.1 Å². The van der Waals surface area contributed by atoms with Gasteiger partial charge in [-0.25, -0.2) is 4.99 Å². The summed E-state index contributed by atoms with van der Waals surface area (Å²) >= 11 is 0. The summed E-state index contributed by atoms with van der Waals surface area (Å²) in [5.41, 5.74) is 8.01. The van der Waals surface area contributed by atoms with E-state index in [9.17, 15) is 4.79 Å². The van der Waals surface area contributed by atoms with Crippen LogP contribution in [0.5, 0.6) is 0 Å². The monoisotopic (exact) mass is 458 g/mol. The number of guanidine groups is 1. The van der Waals surface area contributed by atoms with Gasteiger partial charge in [0.05, 0.1) is 6.54 Å². The van der Waals surface area contributed by atoms with Gasteiger partial charge in [-0.1, -0.05) is 32.9 Å². The van der Waals surface area contributed by atoms with Crippen LogP contribution in [-0.2, 0) is 11.3 Å². The van der Waals surface area contributed by atoms with E-state index in [4.69, 9.17) is 5.73 Å². The topological polar surface area (TPSA) is 70.7 Å². The van der Waals surface area contributed by atoms with E-state index in [0.29, 0.717) is 18.4 Å². The number of benzene rings is 1. The Morgan fingerprint density at radius 2 is 2.24 bits per heavy atom. The van der Waals surface area contributed by atoms with Crippen molar-refractivity contribution in [1.82, 2.24) is 4.90 Å². The molecule has 140 valence electrons. The Kier molecular flexibility index (Phi) is 9.24. The molecule has 1 saturated heterocycles. The normalized spacial score (nSPS) is 19.1. The highest BCUT2D eigenvalue weighted by Gasteiger charge is 2.17. The summed E-state index contributed by atoms with van der Waals surface area (Å²) in [4.78, 5) is 18.7. The minimum atomic E-state index is 0. The molecule has 0 aliphatic carbocycles. The SMILES string of the molecule is CCC(C)C(=O)Nc1cccc(CN=C(N)N2CCCC(C)C2)c1.I. The predicted molar refractivity (Wildman–Crippen MR) is 115 cm³/mol. The predicted octanol–water partition coefficient (Wildman–Crippen LogP) is 3.84. The maximum absolute atomic E-state index is 12.0. The summed E-state index contributed by atoms with van der Waals surface area (Å²) in [5, 5.41) is 2.96. The zero-order valence-electron chi connectivity index (χ0n) is 15.5. The third kappa shape index (κ3) is 6.84. The van der Waals surface area contributed by atoms with Crippen LogP contribution in [0.15, 0.2) is 29.3 Å². The number of likely N-dealkylation sites (tertiary alicyclic amines) is 1. The van der Waals surface area contributed by atoms with Crippen LogP contribution in [0, 0.1) is 11.8 Å². The van der Waals surface area contributed by atoms with Gasteiger partial charge in [0.1, 0.15) is 0 Å². The molecule has 0 saturated carbocycles. The highest BCUT2D eigenvalue weighted by atomic mass is 127. The van der Waals surface area contributed by atoms with E-state index in [-0.39, 0.29) is 35.8 Å². The molecule has 2 rings (SSSR count). The van der Waals surface area contributed by atoms with Crippen LogP contribution in [0.25, 0.3) is 0 Å². The molecule has 2 unspecified atom stereocenters. The van der Waals surface area contributed by atoms with Gasteiger partial charge in [0.2, 0.25) is 5.91 Å². The van der Waals surface area contributed by atoms with Gasteiger partial charge in [-0.2, -0.15) is 0 Å². The van der Waals surface area contributed by atoms with Crippen molar-refractivity contribution in [2.45, 2.75) is 46.6 Å². The van der Waals surface area contributed by atoms with Gasteiger partial charge >= 0.3 is 0 Å². The van der Waals surface area contributed by atoms with E-state index in [0.717, 1.165) is 30.8 Å². The van der Waals surface area contributed by atoms with Crippen molar-refractivity contribution < 1.29 is 4.79 Å². The van der Waals surface area contributed by atoms with Crippen molar-refractivity contribution in [3.63, 3.8) is 0 Å². The lowest BCUT2D eigenvalue weighted by Gasteiger charge is -2.31. The second-order valence-electron chi connectivity index (χ2n) is 6.87. The number of nitrogens with one attached hydrogen (secondary N) is 1. The van der Waals surface area contributed by atoms with E-state index >= 15 is 0 Å². The Balaban J connectivity index is 0.00000312. The smallest absolute Gasteiger partial charge is 0.227 e. The van der Waals surface area contributed by atoms with Crippen molar-refractivity contribution in [1.29, 1.82) is 0 Å². The van der Waals surface area contributed by atoms with E-state index in [1.165, 1.54) is 12.8 Å². The fraction of sp³-hybridized carbons (Fsp3) is 0.579. The molecular weight excluding hydrogens is 427 g/mol. The molecule has 0 spiro atoms. The Labute approximate surface area is 168 Å². The van der Waals surface area contributed by atoms with Crippen LogP contribution in [0.1, 0.15) is 45.6 Å². The Morgan fingerprint density at radius 1 is 1.48 bits per heavy atom. The molecule has 1 amide bonds. The Bertz CT molecular complexity index is 591. The van der Waals surface area contributed by atoms with Gasteiger partial charge in [-0.3, -0.25) is 4.79 Å². The molecule has 0 bridgehead atoms. The molecule has 0 aromatic heterocycles. The number of anilines is 1. The van der Waals surface area contributed by atoms with Crippen molar-refractivity contribution in [3.8, 4) is 0 Å². The lowest BCUT2D eigenvalue weighted by atomic mass is 10.0. The number of rotatable bonds is 5. The van der Waals surface area contributed by atoms with Crippen LogP contribution in [0.3, 0.4) is 0 Å². The van der Waals surface area contributed by atoms with E-state index in [1.807, 2.05) is 38.1 Å². The molecule has 1 aliphatic rings. The summed E-state index contributed by atoms with van der Waals surface area (Å²) in [6.45, 7) is 8.71. The number of aliphatic imine (C=N–C) groups is 1. The van der Waals surface area contributed by atoms with Gasteiger partial charge in [0.25, 0.3) is 0 Å². The molecule has 3 N–H and O–H groups in total. The molecule has 5 nitrogen and oxygen atoms in total. The van der Waals surface area contributed by atoms with Gasteiger partial charge in [0.15, 0.2) is 5.96 Å². The molecular formula is C19H31IN4O. The van der Waals surface area contributed by atoms with Gasteiger partial charge in [-0.05, 0) is 42.9 Å². The first-order valence-corrected chi connectivity index (χ1v) is 8.94. The number of piperidine rings is 1. The lowest BCUT2D eigenvalue weighted by molar-refractivity contribution is -0.119. The van der Waals surface area contributed by atoms with Crippen molar-refractivity contribution >= 4 is 41.5 Å². The molecule has 1 fully saturated rings. The maximum Gasteiger partial charge on any atom is 0.227 e. The third-order valence-corrected chi connectivity index (χ3v) is 4.66. The van der Waals surface area contributed by atoms with E-state index < -0.39 is 0 Å². The van der Waals surface area contributed by atoms with Crippen molar-refractivity contribution in [2.24, 2.45) is 22.6 Å². The number of hydrogen-bond acceptors (Lipinski definition) is 2. The quantitative estimate of drug-likeness (QED) is 0.400. The van der Waals surface area contributed by atoms with Crippen molar-refractivity contribution in [3.05, 3.63) is 29.8 Å². The molecule has 25 heavy (non-hydrogen) atoms. The number of halogens is 1. The maximum atomic E-state index is 12.0. The molecule has 1 heterocycles. The zero-order valence-corrected chi connectivity index (χ0v) is 17.8. The van der Waals surface area contributed by atoms with E-state index in [1.54, 1.807) is 0 Å². The average molecular weight is 458 g/mol. The second kappa shape index (κ2) is 10.6. The molecule has 0 radical (unpaired) electrons. The summed E-state index contributed by atoms with van der Waals surface area (Å²) in [5.74, 6) is 1.37. The number of carbonyl (C=O) groups is 1. The fourth-order valence-corrected chi connectivity index (χ4v) is 2.87. The number of carbonyl (C=O) groups excluding carboxylic acids is 1. The van der Waals surface area contributed by atoms with Crippen LogP contribution in [-0.4, -0.2) is 29.9 Å². The summed E-state index contributed by atoms with van der Waals surface area (Å²) < 4.78 is 0. The highest BCUT2D eigenvalue weighted by Crippen LogP contribution is 2.16. The minimum Gasteiger partial charge on any atom is -0.370 e. The average Bonchev–Trinajstić information content (AvgIpc) is 2.59. The van der Waals surface area contributed by atoms with Crippen molar-refractivity contribution in [2.75, 3.05) is 18.4 Å². The number of amides is 1. The molecule has 2 atom stereocenters. The summed E-state index contributed by atoms with van der Waals surface area (Å²) in [7, 11) is 0. The molecule has 1 aromatic rings. The number of nitrogens with zero attached hydrogens (tertiary/aromatic N) is 2. The standard InChI is InChI=1S/C19H30N4O.HI/c1-4-15(3)18(24)22-17-9-5-8-16(11-17)12-21-19(20)23-10-6-7-14(2)13-23;/h5,8-9,11,14-15H,4,6-7,10,12-13H2,1-3H3,(H2,20,21)(H,22,24);1H. The number of hydrogen-bond donors (Lipinski definition) is 2. The van der Waals surface area contributed by atoms with Gasteiger partial charge in [-0.15, -0.1) is 24.0 Å². The largest absolute Gasteiger partial charge is 0.370 e. The van der Waals surface area contributed by atoms with Crippen LogP contribution < -0.4 is 11.1 Å².